The number of nitrogens with one attached hydrogen (secondary N) is 1. The summed E-state index contributed by atoms with van der Waals surface area (Å²) in [7, 11) is 0. The second kappa shape index (κ2) is 17.9. The van der Waals surface area contributed by atoms with Crippen LogP contribution >= 0.6 is 0 Å². The van der Waals surface area contributed by atoms with Gasteiger partial charge in [-0.05, 0) is 71.3 Å². The van der Waals surface area contributed by atoms with Crippen molar-refractivity contribution in [2.24, 2.45) is 57.5 Å². The first-order chi connectivity index (χ1) is 29.4. The van der Waals surface area contributed by atoms with Crippen molar-refractivity contribution in [2.75, 3.05) is 0 Å². The molecule has 0 saturated carbocycles. The number of hydrogen-bond acceptors (Lipinski definition) is 8. The molecule has 6 aliphatic heterocycles. The smallest absolute Gasteiger partial charge is 0.303 e. The number of hydrogen-bond donors (Lipinski definition) is 8. The normalized spacial score (nSPS) is 42.6. The van der Waals surface area contributed by atoms with Crippen LogP contribution in [0, 0.1) is 51.8 Å². The van der Waals surface area contributed by atoms with Crippen molar-refractivity contribution in [2.45, 2.75) is 153 Å². The number of fused-ring (bicyclic) bond motifs is 7. The number of nitrogens with two attached hydrogens (primary N) is 1. The van der Waals surface area contributed by atoms with Gasteiger partial charge in [-0.2, -0.15) is 11.4 Å². The van der Waals surface area contributed by atoms with Gasteiger partial charge in [-0.15, -0.1) is 36.3 Å². The number of allylic oxidation sites excluding steroid dienone is 2. The van der Waals surface area contributed by atoms with E-state index in [9.17, 15) is 64.2 Å². The summed E-state index contributed by atoms with van der Waals surface area (Å²) in [5.74, 6) is -10.5. The molecule has 16 atom stereocenters. The van der Waals surface area contributed by atoms with Gasteiger partial charge in [0, 0.05) is 61.4 Å². The van der Waals surface area contributed by atoms with E-state index in [1.165, 1.54) is 0 Å². The zero-order valence-corrected chi connectivity index (χ0v) is 37.4. The zero-order chi connectivity index (χ0) is 46.1. The Hall–Kier alpha value is -4.26. The molecule has 4 unspecified atom stereocenters. The van der Waals surface area contributed by atoms with Crippen LogP contribution in [-0.4, -0.2) is 114 Å². The van der Waals surface area contributed by atoms with Gasteiger partial charge >= 0.3 is 29.8 Å². The van der Waals surface area contributed by atoms with Gasteiger partial charge in [0.1, 0.15) is 0 Å². The molecule has 7 aliphatic rings. The first-order valence-electron chi connectivity index (χ1n) is 22.1. The molecule has 2 amide bonds. The number of aliphatic hydroxyl groups excluding tert-OH is 1. The largest absolute Gasteiger partial charge is 0.684 e. The van der Waals surface area contributed by atoms with Gasteiger partial charge in [-0.25, -0.2) is 0 Å². The van der Waals surface area contributed by atoms with Crippen molar-refractivity contribution in [3.8, 4) is 0 Å². The van der Waals surface area contributed by atoms with Gasteiger partial charge in [0.25, 0.3) is 0 Å². The van der Waals surface area contributed by atoms with Crippen molar-refractivity contribution in [3.05, 3.63) is 44.3 Å². The summed E-state index contributed by atoms with van der Waals surface area (Å²) in [6.45, 7) is 7.42. The van der Waals surface area contributed by atoms with E-state index >= 15 is 0 Å². The molecular formula is C44H60N6NiO13-4. The van der Waals surface area contributed by atoms with Crippen LogP contribution in [-0.2, 0) is 50.1 Å². The summed E-state index contributed by atoms with van der Waals surface area (Å²) in [6.07, 6.45) is -0.794. The van der Waals surface area contributed by atoms with E-state index in [-0.39, 0.29) is 93.0 Å². The number of carboxylic acid groups (broad SMARTS) is 5. The van der Waals surface area contributed by atoms with Gasteiger partial charge < -0.3 is 63.0 Å². The molecule has 1 spiro atoms. The van der Waals surface area contributed by atoms with Crippen LogP contribution in [0.4, 0.5) is 0 Å². The molecule has 64 heavy (non-hydrogen) atoms. The van der Waals surface area contributed by atoms with Gasteiger partial charge in [0.2, 0.25) is 11.8 Å². The van der Waals surface area contributed by atoms with Crippen molar-refractivity contribution in [3.63, 3.8) is 0 Å². The third-order valence-electron chi connectivity index (χ3n) is 16.4. The molecular weight excluding hydrogens is 879 g/mol. The number of aliphatic hydroxyl groups is 1. The predicted molar refractivity (Wildman–Crippen MR) is 223 cm³/mol. The number of aliphatic carboxylic acids is 5. The average Bonchev–Trinajstić information content (AvgIpc) is 3.82. The molecule has 0 aromatic rings. The van der Waals surface area contributed by atoms with Crippen LogP contribution in [0.2, 0.25) is 0 Å². The van der Waals surface area contributed by atoms with Crippen LogP contribution in [0.5, 0.6) is 0 Å². The molecule has 7 rings (SSSR count). The Bertz CT molecular complexity index is 2020. The molecule has 0 aromatic heterocycles. The molecule has 0 radical (unpaired) electrons. The fraction of sp³-hybridized carbons (Fsp3) is 0.750. The van der Waals surface area contributed by atoms with E-state index < -0.39 is 136 Å². The number of rotatable bonds is 15. The number of carbonyl (C=O) groups excluding carboxylic acids is 2. The summed E-state index contributed by atoms with van der Waals surface area (Å²) in [5, 5.41) is 87.3. The molecule has 6 heterocycles. The van der Waals surface area contributed by atoms with Crippen molar-refractivity contribution in [1.82, 2.24) is 5.32 Å². The first kappa shape index (κ1) is 49.2. The maximum absolute atomic E-state index is 13.7. The van der Waals surface area contributed by atoms with E-state index in [1.54, 1.807) is 6.08 Å². The van der Waals surface area contributed by atoms with Crippen molar-refractivity contribution in [1.29, 1.82) is 0 Å². The maximum atomic E-state index is 13.7. The number of primary amides is 1. The minimum absolute atomic E-state index is 0. The molecule has 5 fully saturated rings. The Labute approximate surface area is 381 Å². The average molecular weight is 940 g/mol. The Kier molecular flexibility index (Phi) is 13.7. The van der Waals surface area contributed by atoms with Crippen LogP contribution in [0.1, 0.15) is 111 Å². The summed E-state index contributed by atoms with van der Waals surface area (Å²) in [4.78, 5) is 88.7. The van der Waals surface area contributed by atoms with E-state index in [2.05, 4.69) is 5.32 Å². The molecule has 8 bridgehead atoms. The molecule has 9 N–H and O–H groups in total. The standard InChI is InChI=1S/C44H60N6O13.Ni/c1-19-15-42(3)24(12-36(61)62)26-14-29-41(2,17-30(45)51)22(6-9-33(55)56)28(46-29)16-44-43(4,18-31(52)50-44)23(7-10-34(57)58)27(49-44)13-25-21(11-35(59)60)20(5-8-32(53)54)38(47-25)37(39(19)63)40(42)48-26;/h13,19-26,28-29,38-39,63H,5-12,14-18H2,1-4H3,(H2,45,51)(H,50,52)(H,53,54)(H,55,56)(H,57,58)(H,59,60)(H,61,62);/q-4;/b27-13-;/t19-,20-,21-,22+,23+,24+,25?,26+,28-,29?,38?,39?,41-,42-,43-,44-;/m0./s1. The number of carbonyl (C=O) groups is 7. The minimum Gasteiger partial charge on any atom is -0.684 e. The van der Waals surface area contributed by atoms with Crippen molar-refractivity contribution < 1.29 is 80.7 Å². The van der Waals surface area contributed by atoms with Crippen LogP contribution in [0.25, 0.3) is 21.3 Å². The van der Waals surface area contributed by atoms with E-state index in [0.29, 0.717) is 23.4 Å². The van der Waals surface area contributed by atoms with Gasteiger partial charge in [-0.3, -0.25) is 33.6 Å². The third kappa shape index (κ3) is 8.52. The molecule has 20 heteroatoms. The number of carboxylic acids is 5. The fourth-order valence-electron chi connectivity index (χ4n) is 13.6. The minimum atomic E-state index is -1.42. The van der Waals surface area contributed by atoms with Crippen LogP contribution < -0.4 is 11.1 Å². The summed E-state index contributed by atoms with van der Waals surface area (Å²) in [6, 6.07) is -4.10. The SMILES string of the molecule is C[C@H]1C[C@]2(C)C3=C(C4[N-]C(/C=C5\[N-][C@@]6(C[C@@H]7[N-]C(C[C@@H]([N-]3)[C@H]2CC(=O)O)[C@@](C)(CC(N)=O)[C@@H]7CCC(=O)O)NC(=O)C[C@@]6(C)[C@@H]5CCC(=O)O)[C@@H](CC(=O)O)[C@@H]4CCC(=O)O)C1O.[Ni]. The predicted octanol–water partition coefficient (Wildman–Crippen LogP) is 4.44. The Morgan fingerprint density at radius 2 is 1.44 bits per heavy atom. The fourth-order valence-corrected chi connectivity index (χ4v) is 13.6. The molecule has 1 aliphatic carbocycles. The Morgan fingerprint density at radius 3 is 2.05 bits per heavy atom. The van der Waals surface area contributed by atoms with Gasteiger partial charge in [0.05, 0.1) is 6.10 Å². The summed E-state index contributed by atoms with van der Waals surface area (Å²) in [5.41, 5.74) is 2.64. The van der Waals surface area contributed by atoms with E-state index in [1.807, 2.05) is 27.7 Å². The second-order valence-corrected chi connectivity index (χ2v) is 20.2. The quantitative estimate of drug-likeness (QED) is 0.105. The van der Waals surface area contributed by atoms with Crippen LogP contribution in [0.3, 0.4) is 0 Å². The topological polar surface area (TPSA) is 335 Å². The third-order valence-corrected chi connectivity index (χ3v) is 16.4. The summed E-state index contributed by atoms with van der Waals surface area (Å²) >= 11 is 0. The first-order valence-corrected chi connectivity index (χ1v) is 22.1. The Morgan fingerprint density at radius 1 is 0.812 bits per heavy atom. The molecule has 0 aromatic carbocycles. The van der Waals surface area contributed by atoms with Crippen molar-refractivity contribution >= 4 is 41.7 Å². The van der Waals surface area contributed by atoms with Gasteiger partial charge in [-0.1, -0.05) is 57.9 Å². The van der Waals surface area contributed by atoms with Crippen LogP contribution in [0.15, 0.2) is 23.0 Å². The number of amides is 2. The molecule has 358 valence electrons. The number of nitrogens with zero attached hydrogens (tertiary/aromatic N) is 4. The molecule has 19 nitrogen and oxygen atoms in total. The monoisotopic (exact) mass is 938 g/mol. The van der Waals surface area contributed by atoms with E-state index in [4.69, 9.17) is 27.0 Å². The maximum Gasteiger partial charge on any atom is 0.303 e. The second-order valence-electron chi connectivity index (χ2n) is 20.2. The zero-order valence-electron chi connectivity index (χ0n) is 36.4. The Balaban J connectivity index is 0.00000680. The van der Waals surface area contributed by atoms with Gasteiger partial charge in [0.15, 0.2) is 0 Å². The summed E-state index contributed by atoms with van der Waals surface area (Å²) < 4.78 is 0. The molecule has 5 saturated heterocycles. The van der Waals surface area contributed by atoms with E-state index in [0.717, 1.165) is 0 Å².